The van der Waals surface area contributed by atoms with E-state index < -0.39 is 0 Å². The van der Waals surface area contributed by atoms with Crippen molar-refractivity contribution in [3.05, 3.63) is 54.3 Å². The molecule has 1 saturated carbocycles. The molecule has 2 atom stereocenters. The van der Waals surface area contributed by atoms with Gasteiger partial charge in [0.05, 0.1) is 6.61 Å². The number of rotatable bonds is 13. The van der Waals surface area contributed by atoms with E-state index in [1.807, 2.05) is 0 Å². The highest BCUT2D eigenvalue weighted by Crippen LogP contribution is 2.52. The number of nitrogens with zero attached hydrogens (tertiary/aromatic N) is 1. The number of allylic oxidation sites excluding steroid dienone is 2. The molecule has 0 aromatic rings. The molecular weight excluding hydrogens is 452 g/mol. The minimum Gasteiger partial charge on any atom is -0.473 e. The van der Waals surface area contributed by atoms with Crippen LogP contribution in [0.3, 0.4) is 0 Å². The van der Waals surface area contributed by atoms with Crippen molar-refractivity contribution in [3.8, 4) is 11.8 Å². The van der Waals surface area contributed by atoms with Crippen LogP contribution in [0.1, 0.15) is 46.4 Å². The number of nitrogens with one attached hydrogen (secondary N) is 1. The number of amides is 1. The molecule has 3 aliphatic rings. The molecule has 5 nitrogen and oxygen atoms in total. The molecule has 1 amide bonds. The molecule has 2 aliphatic carbocycles. The molecule has 1 heterocycles. The molecular formula is C26H34N2O3S2. The fraction of sp³-hybridized carbons (Fsp3) is 0.538. The Hall–Kier alpha value is -2.31. The number of ether oxygens (including phenoxy) is 1. The monoisotopic (exact) mass is 486 g/mol. The average molecular weight is 487 g/mol. The highest BCUT2D eigenvalue weighted by molar-refractivity contribution is 8.76. The molecule has 1 N–H and O–H groups in total. The van der Waals surface area contributed by atoms with Crippen molar-refractivity contribution in [2.24, 2.45) is 17.8 Å². The summed E-state index contributed by atoms with van der Waals surface area (Å²) in [6, 6.07) is 0. The van der Waals surface area contributed by atoms with Gasteiger partial charge in [0.2, 0.25) is 5.88 Å². The first kappa shape index (κ1) is 25.3. The van der Waals surface area contributed by atoms with E-state index in [0.29, 0.717) is 42.5 Å². The van der Waals surface area contributed by atoms with Gasteiger partial charge in [-0.3, -0.25) is 4.79 Å². The summed E-state index contributed by atoms with van der Waals surface area (Å²) in [6.45, 7) is 12.5. The van der Waals surface area contributed by atoms with E-state index in [1.165, 1.54) is 17.9 Å². The van der Waals surface area contributed by atoms with Crippen LogP contribution in [0.15, 0.2) is 54.3 Å². The van der Waals surface area contributed by atoms with Crippen LogP contribution in [0.5, 0.6) is 0 Å². The van der Waals surface area contributed by atoms with Crippen molar-refractivity contribution < 1.29 is 15.8 Å². The van der Waals surface area contributed by atoms with E-state index in [1.54, 1.807) is 21.6 Å². The number of fused-ring (bicyclic) bond motifs is 1. The van der Waals surface area contributed by atoms with Crippen LogP contribution in [0.2, 0.25) is 0 Å². The lowest BCUT2D eigenvalue weighted by Gasteiger charge is -2.17. The first-order valence-electron chi connectivity index (χ1n) is 11.4. The standard InChI is InChI=1S/C26H32N2O3S2.H2/c1-4-20-13-14-26(29)28(20)31-21(5-2)15-17-32-33-18-16-27-25(6-3)30-19-24-22-11-9-7-8-10-12-23(22)24;/h22-24,27H,1-3,9-19H2;1H. The van der Waals surface area contributed by atoms with Gasteiger partial charge in [0.15, 0.2) is 5.76 Å². The third-order valence-corrected chi connectivity index (χ3v) is 8.45. The number of carbonyl (C=O) groups is 1. The van der Waals surface area contributed by atoms with Crippen LogP contribution >= 0.6 is 21.6 Å². The largest absolute Gasteiger partial charge is 0.473 e. The summed E-state index contributed by atoms with van der Waals surface area (Å²) in [5, 5.41) is 4.55. The van der Waals surface area contributed by atoms with Gasteiger partial charge in [0.25, 0.3) is 5.91 Å². The summed E-state index contributed by atoms with van der Waals surface area (Å²) in [5.74, 6) is 11.5. The fourth-order valence-electron chi connectivity index (χ4n) is 4.21. The Kier molecular flexibility index (Phi) is 10.3. The number of carbonyl (C=O) groups excluding carboxylic acids is 1. The van der Waals surface area contributed by atoms with E-state index in [9.17, 15) is 4.79 Å². The summed E-state index contributed by atoms with van der Waals surface area (Å²) in [5.41, 5.74) is 9.08. The van der Waals surface area contributed by atoms with Gasteiger partial charge < -0.3 is 14.9 Å². The van der Waals surface area contributed by atoms with Gasteiger partial charge in [-0.25, -0.2) is 0 Å². The van der Waals surface area contributed by atoms with Crippen LogP contribution in [-0.4, -0.2) is 35.6 Å². The zero-order chi connectivity index (χ0) is 23.5. The molecule has 0 bridgehead atoms. The maximum Gasteiger partial charge on any atom is 0.260 e. The van der Waals surface area contributed by atoms with Gasteiger partial charge in [0.1, 0.15) is 5.70 Å². The summed E-state index contributed by atoms with van der Waals surface area (Å²) in [6.07, 6.45) is 6.11. The molecule has 178 valence electrons. The third-order valence-electron chi connectivity index (χ3n) is 6.04. The van der Waals surface area contributed by atoms with Crippen LogP contribution in [0.4, 0.5) is 0 Å². The Balaban J connectivity index is 0.00000408. The lowest BCUT2D eigenvalue weighted by molar-refractivity contribution is -0.157. The zero-order valence-corrected chi connectivity index (χ0v) is 20.8. The second-order valence-corrected chi connectivity index (χ2v) is 10.8. The van der Waals surface area contributed by atoms with Crippen LogP contribution in [0.25, 0.3) is 0 Å². The minimum atomic E-state index is -0.0873. The van der Waals surface area contributed by atoms with E-state index in [4.69, 9.17) is 9.57 Å². The molecule has 2 fully saturated rings. The van der Waals surface area contributed by atoms with Crippen LogP contribution in [-0.2, 0) is 14.4 Å². The Bertz CT molecular complexity index is 919. The number of hydrogen-bond donors (Lipinski definition) is 1. The molecule has 0 aromatic heterocycles. The average Bonchev–Trinajstić information content (AvgIpc) is 3.32. The molecule has 7 heteroatoms. The highest BCUT2D eigenvalue weighted by Gasteiger charge is 2.49. The first-order chi connectivity index (χ1) is 16.2. The number of hydroxylamine groups is 2. The topological polar surface area (TPSA) is 50.8 Å². The normalized spacial score (nSPS) is 22.9. The van der Waals surface area contributed by atoms with Crippen LogP contribution in [0, 0.1) is 29.6 Å². The van der Waals surface area contributed by atoms with Crippen molar-refractivity contribution in [2.45, 2.75) is 44.9 Å². The lowest BCUT2D eigenvalue weighted by Crippen LogP contribution is -2.23. The van der Waals surface area contributed by atoms with E-state index >= 15 is 0 Å². The Morgan fingerprint density at radius 2 is 1.85 bits per heavy atom. The van der Waals surface area contributed by atoms with Gasteiger partial charge in [-0.1, -0.05) is 52.8 Å². The maximum absolute atomic E-state index is 11.9. The Morgan fingerprint density at radius 3 is 2.52 bits per heavy atom. The first-order valence-corrected chi connectivity index (χ1v) is 13.9. The Labute approximate surface area is 206 Å². The maximum atomic E-state index is 11.9. The summed E-state index contributed by atoms with van der Waals surface area (Å²) in [4.78, 5) is 17.6. The second-order valence-electron chi connectivity index (χ2n) is 8.06. The summed E-state index contributed by atoms with van der Waals surface area (Å²) >= 11 is 0. The smallest absolute Gasteiger partial charge is 0.260 e. The van der Waals surface area contributed by atoms with Gasteiger partial charge in [0, 0.05) is 51.6 Å². The number of hydrogen-bond acceptors (Lipinski definition) is 6. The van der Waals surface area contributed by atoms with Crippen LogP contribution < -0.4 is 5.32 Å². The zero-order valence-electron chi connectivity index (χ0n) is 19.1. The van der Waals surface area contributed by atoms with Crippen molar-refractivity contribution >= 4 is 27.5 Å². The predicted molar refractivity (Wildman–Crippen MR) is 137 cm³/mol. The fourth-order valence-corrected chi connectivity index (χ4v) is 6.10. The molecule has 1 saturated heterocycles. The van der Waals surface area contributed by atoms with Crippen molar-refractivity contribution in [1.82, 2.24) is 10.4 Å². The minimum absolute atomic E-state index is 0. The highest BCUT2D eigenvalue weighted by atomic mass is 33.1. The third kappa shape index (κ3) is 7.61. The summed E-state index contributed by atoms with van der Waals surface area (Å²) < 4.78 is 5.95. The van der Waals surface area contributed by atoms with E-state index in [2.05, 4.69) is 54.1 Å². The van der Waals surface area contributed by atoms with Crippen molar-refractivity contribution in [2.75, 3.05) is 24.7 Å². The molecule has 2 unspecified atom stereocenters. The SMILES string of the molecule is C=C=C(CCSSCCNC(=C=C)OCC1C2CCC#CCCC21)ON1C(=O)CCC1=C=C.[HH]. The predicted octanol–water partition coefficient (Wildman–Crippen LogP) is 5.57. The van der Waals surface area contributed by atoms with Gasteiger partial charge in [-0.15, -0.1) is 22.6 Å². The van der Waals surface area contributed by atoms with Gasteiger partial charge in [-0.2, -0.15) is 0 Å². The molecule has 3 rings (SSSR count). The van der Waals surface area contributed by atoms with Gasteiger partial charge in [-0.05, 0) is 30.6 Å². The van der Waals surface area contributed by atoms with Crippen molar-refractivity contribution in [3.63, 3.8) is 0 Å². The molecule has 0 spiro atoms. The van der Waals surface area contributed by atoms with Gasteiger partial charge >= 0.3 is 0 Å². The molecule has 1 aliphatic heterocycles. The molecule has 0 aromatic carbocycles. The lowest BCUT2D eigenvalue weighted by atomic mass is 10.1. The van der Waals surface area contributed by atoms with E-state index in [0.717, 1.165) is 49.3 Å². The van der Waals surface area contributed by atoms with Crippen molar-refractivity contribution in [1.29, 1.82) is 0 Å². The van der Waals surface area contributed by atoms with E-state index in [-0.39, 0.29) is 7.33 Å². The molecule has 33 heavy (non-hydrogen) atoms. The summed E-state index contributed by atoms with van der Waals surface area (Å²) in [7, 11) is 3.50. The molecule has 0 radical (unpaired) electrons. The Morgan fingerprint density at radius 1 is 1.12 bits per heavy atom. The quantitative estimate of drug-likeness (QED) is 0.121. The second kappa shape index (κ2) is 13.4.